The first kappa shape index (κ1) is 40.4. The largest absolute Gasteiger partial charge is 1.00 e. The molecule has 18 heteroatoms. The molecule has 34 heavy (non-hydrogen) atoms. The second-order valence-corrected chi connectivity index (χ2v) is 8.88. The first-order chi connectivity index (χ1) is 14.5. The van der Waals surface area contributed by atoms with Gasteiger partial charge in [-0.1, -0.05) is 25.3 Å². The normalized spacial score (nSPS) is 12.1. The number of aliphatic carboxylic acids is 2. The van der Waals surface area contributed by atoms with Crippen molar-refractivity contribution in [3.63, 3.8) is 0 Å². The molecular weight excluding hydrogens is 526 g/mol. The summed E-state index contributed by atoms with van der Waals surface area (Å²) in [6, 6.07) is 0. The van der Waals surface area contributed by atoms with E-state index >= 15 is 0 Å². The maximum Gasteiger partial charge on any atom is 1.00 e. The van der Waals surface area contributed by atoms with Crippen LogP contribution in [0.3, 0.4) is 0 Å². The summed E-state index contributed by atoms with van der Waals surface area (Å²) in [5.74, 6) is -10.3. The Morgan fingerprint density at radius 2 is 1.00 bits per heavy atom. The van der Waals surface area contributed by atoms with Crippen molar-refractivity contribution in [3.05, 3.63) is 25.3 Å². The summed E-state index contributed by atoms with van der Waals surface area (Å²) in [5, 5.41) is 20.5. The van der Waals surface area contributed by atoms with E-state index in [0.717, 1.165) is 0 Å². The van der Waals surface area contributed by atoms with E-state index in [-0.39, 0.29) is 72.3 Å². The van der Waals surface area contributed by atoms with Crippen LogP contribution in [-0.4, -0.2) is 74.5 Å². The summed E-state index contributed by atoms with van der Waals surface area (Å²) >= 11 is 0. The number of carboxylic acid groups (broad SMARTS) is 2. The Balaban J connectivity index is -0.000000250. The fraction of sp³-hybridized carbons (Fsp3) is 0.500. The molecule has 0 aliphatic rings. The van der Waals surface area contributed by atoms with Gasteiger partial charge in [0, 0.05) is 24.8 Å². The molecule has 0 aromatic carbocycles. The second-order valence-electron chi connectivity index (χ2n) is 5.88. The van der Waals surface area contributed by atoms with Gasteiger partial charge in [0.1, 0.15) is 13.2 Å². The molecule has 2 atom stereocenters. The monoisotopic (exact) mass is 548 g/mol. The van der Waals surface area contributed by atoms with Gasteiger partial charge in [-0.15, -0.1) is 0 Å². The number of carbonyl (C=O) groups is 4. The molecule has 0 radical (unpaired) electrons. The van der Waals surface area contributed by atoms with E-state index in [9.17, 15) is 46.2 Å². The van der Waals surface area contributed by atoms with Gasteiger partial charge in [0.2, 0.25) is 0 Å². The van der Waals surface area contributed by atoms with E-state index in [2.05, 4.69) is 22.6 Å². The molecule has 0 saturated heterocycles. The van der Waals surface area contributed by atoms with Crippen LogP contribution in [0.4, 0.5) is 0 Å². The number of hydrogen-bond acceptors (Lipinski definition) is 12. The molecule has 0 amide bonds. The Kier molecular flexibility index (Phi) is 24.2. The Morgan fingerprint density at radius 3 is 1.18 bits per heavy atom. The maximum atomic E-state index is 11.2. The Bertz CT molecular complexity index is 825. The van der Waals surface area contributed by atoms with Gasteiger partial charge in [0.15, 0.2) is 0 Å². The molecule has 0 bridgehead atoms. The van der Waals surface area contributed by atoms with Crippen molar-refractivity contribution >= 4 is 44.1 Å². The van der Waals surface area contributed by atoms with Crippen molar-refractivity contribution in [2.75, 3.05) is 24.7 Å². The fourth-order valence-corrected chi connectivity index (χ4v) is 3.37. The van der Waals surface area contributed by atoms with Gasteiger partial charge in [0.25, 0.3) is 20.2 Å². The van der Waals surface area contributed by atoms with Crippen molar-refractivity contribution in [2.24, 2.45) is 11.8 Å². The molecule has 0 fully saturated rings. The summed E-state index contributed by atoms with van der Waals surface area (Å²) in [5.41, 5.74) is 0. The van der Waals surface area contributed by atoms with Gasteiger partial charge in [-0.25, -0.2) is 0 Å². The molecule has 0 aromatic rings. The zero-order valence-electron chi connectivity index (χ0n) is 18.6. The van der Waals surface area contributed by atoms with Crippen LogP contribution in [0.5, 0.6) is 0 Å². The Labute approximate surface area is 240 Å². The third-order valence-corrected chi connectivity index (χ3v) is 4.65. The smallest absolute Gasteiger partial charge is 0.550 e. The van der Waals surface area contributed by atoms with Gasteiger partial charge in [-0.05, 0) is 0 Å². The van der Waals surface area contributed by atoms with Crippen LogP contribution < -0.4 is 69.3 Å². The summed E-state index contributed by atoms with van der Waals surface area (Å²) in [7, 11) is -8.91. The zero-order chi connectivity index (χ0) is 25.5. The standard InChI is InChI=1S/2C8H12O7S.2Na/c2*1-2-3-15-8(11)6(4-7(9)10)5-16(12,13)14;;/h2*2,6H,1,3-5H2,(H,9,10)(H,12,13,14);;/q;;2*+1/p-2. The quantitative estimate of drug-likeness (QED) is 0.0886. The van der Waals surface area contributed by atoms with Gasteiger partial charge < -0.3 is 29.3 Å². The summed E-state index contributed by atoms with van der Waals surface area (Å²) in [4.78, 5) is 42.9. The summed E-state index contributed by atoms with van der Waals surface area (Å²) in [6.45, 7) is 6.16. The third kappa shape index (κ3) is 25.8. The Morgan fingerprint density at radius 1 is 0.735 bits per heavy atom. The summed E-state index contributed by atoms with van der Waals surface area (Å²) in [6.07, 6.45) is 0.800. The molecular formula is C16H22Na2O14S2. The molecule has 0 saturated carbocycles. The fourth-order valence-electron chi connectivity index (χ4n) is 1.85. The number of rotatable bonds is 14. The van der Waals surface area contributed by atoms with Crippen molar-refractivity contribution in [1.82, 2.24) is 0 Å². The van der Waals surface area contributed by atoms with Crippen molar-refractivity contribution < 1.29 is 124 Å². The van der Waals surface area contributed by atoms with Crippen LogP contribution in [0.25, 0.3) is 0 Å². The van der Waals surface area contributed by atoms with E-state index in [1.54, 1.807) is 0 Å². The number of esters is 2. The minimum atomic E-state index is -4.46. The van der Waals surface area contributed by atoms with Crippen molar-refractivity contribution in [3.8, 4) is 0 Å². The topological polar surface area (TPSA) is 242 Å². The van der Waals surface area contributed by atoms with Crippen LogP contribution in [0.2, 0.25) is 0 Å². The zero-order valence-corrected chi connectivity index (χ0v) is 24.2. The number of ether oxygens (including phenoxy) is 2. The van der Waals surface area contributed by atoms with Crippen LogP contribution >= 0.6 is 0 Å². The van der Waals surface area contributed by atoms with Crippen molar-refractivity contribution in [2.45, 2.75) is 12.8 Å². The minimum Gasteiger partial charge on any atom is -0.550 e. The molecule has 2 unspecified atom stereocenters. The van der Waals surface area contributed by atoms with Gasteiger partial charge in [0.05, 0.1) is 23.3 Å². The second kappa shape index (κ2) is 20.4. The van der Waals surface area contributed by atoms with E-state index < -0.39 is 80.3 Å². The average Bonchev–Trinajstić information content (AvgIpc) is 2.60. The number of carbonyl (C=O) groups excluding carboxylic acids is 4. The molecule has 0 rings (SSSR count). The van der Waals surface area contributed by atoms with Crippen LogP contribution in [0.15, 0.2) is 25.3 Å². The maximum absolute atomic E-state index is 11.2. The molecule has 0 aliphatic carbocycles. The van der Waals surface area contributed by atoms with E-state index in [4.69, 9.17) is 9.11 Å². The predicted molar refractivity (Wildman–Crippen MR) is 101 cm³/mol. The van der Waals surface area contributed by atoms with E-state index in [1.807, 2.05) is 0 Å². The molecule has 184 valence electrons. The molecule has 0 aliphatic heterocycles. The van der Waals surface area contributed by atoms with Crippen LogP contribution in [0.1, 0.15) is 12.8 Å². The average molecular weight is 548 g/mol. The SMILES string of the molecule is C=CCOC(=O)C(CC(=O)[O-])CS(=O)(=O)O.C=CCOC(=O)C(CC(=O)[O-])CS(=O)(=O)O.[Na+].[Na+]. The summed E-state index contributed by atoms with van der Waals surface area (Å²) < 4.78 is 68.0. The van der Waals surface area contributed by atoms with Crippen LogP contribution in [-0.2, 0) is 48.9 Å². The number of hydrogen-bond donors (Lipinski definition) is 2. The predicted octanol–water partition coefficient (Wildman–Crippen LogP) is -9.27. The van der Waals surface area contributed by atoms with Gasteiger partial charge in [-0.3, -0.25) is 18.7 Å². The van der Waals surface area contributed by atoms with E-state index in [0.29, 0.717) is 0 Å². The third-order valence-electron chi connectivity index (χ3n) is 3.00. The minimum absolute atomic E-state index is 0. The van der Waals surface area contributed by atoms with Crippen LogP contribution in [0, 0.1) is 11.8 Å². The molecule has 14 nitrogen and oxygen atoms in total. The number of carboxylic acids is 2. The van der Waals surface area contributed by atoms with Crippen molar-refractivity contribution in [1.29, 1.82) is 0 Å². The van der Waals surface area contributed by atoms with Gasteiger partial charge >= 0.3 is 71.1 Å². The molecule has 0 aromatic heterocycles. The molecule has 0 heterocycles. The first-order valence-electron chi connectivity index (χ1n) is 8.37. The Hall–Kier alpha value is -0.820. The first-order valence-corrected chi connectivity index (χ1v) is 11.6. The van der Waals surface area contributed by atoms with Gasteiger partial charge in [-0.2, -0.15) is 16.8 Å². The molecule has 0 spiro atoms. The van der Waals surface area contributed by atoms with E-state index in [1.165, 1.54) is 12.2 Å². The molecule has 2 N–H and O–H groups in total.